The first-order valence-corrected chi connectivity index (χ1v) is 8.17. The van der Waals surface area contributed by atoms with Crippen molar-refractivity contribution >= 4 is 0 Å². The summed E-state index contributed by atoms with van der Waals surface area (Å²) in [6.45, 7) is 14.5. The van der Waals surface area contributed by atoms with Gasteiger partial charge in [0.05, 0.1) is 0 Å². The van der Waals surface area contributed by atoms with Crippen molar-refractivity contribution < 1.29 is 0 Å². The summed E-state index contributed by atoms with van der Waals surface area (Å²) < 4.78 is 0. The van der Waals surface area contributed by atoms with Gasteiger partial charge in [0.2, 0.25) is 0 Å². The van der Waals surface area contributed by atoms with Crippen LogP contribution in [-0.4, -0.2) is 54.1 Å². The zero-order chi connectivity index (χ0) is 15.5. The second-order valence-corrected chi connectivity index (χ2v) is 7.20. The second kappa shape index (κ2) is 6.91. The van der Waals surface area contributed by atoms with E-state index in [1.54, 1.807) is 0 Å². The quantitative estimate of drug-likeness (QED) is 0.924. The van der Waals surface area contributed by atoms with Crippen molar-refractivity contribution in [3.05, 3.63) is 35.9 Å². The fraction of sp³-hybridized carbons (Fsp3) is 0.667. The summed E-state index contributed by atoms with van der Waals surface area (Å²) in [5.74, 6) is 0.484. The van der Waals surface area contributed by atoms with Crippen LogP contribution in [-0.2, 0) is 0 Å². The van der Waals surface area contributed by atoms with Crippen LogP contribution >= 0.6 is 0 Å². The molecule has 21 heavy (non-hydrogen) atoms. The van der Waals surface area contributed by atoms with Crippen molar-refractivity contribution in [2.24, 2.45) is 5.73 Å². The van der Waals surface area contributed by atoms with Gasteiger partial charge in [0, 0.05) is 44.3 Å². The van der Waals surface area contributed by atoms with Gasteiger partial charge in [-0.25, -0.2) is 0 Å². The molecule has 1 heterocycles. The van der Waals surface area contributed by atoms with Crippen LogP contribution in [0.15, 0.2) is 30.3 Å². The van der Waals surface area contributed by atoms with Gasteiger partial charge in [-0.2, -0.15) is 0 Å². The van der Waals surface area contributed by atoms with E-state index < -0.39 is 0 Å². The Morgan fingerprint density at radius 3 is 2.10 bits per heavy atom. The molecule has 0 radical (unpaired) electrons. The Kier molecular flexibility index (Phi) is 5.42. The van der Waals surface area contributed by atoms with E-state index in [0.29, 0.717) is 12.0 Å². The summed E-state index contributed by atoms with van der Waals surface area (Å²) in [6.07, 6.45) is 0. The van der Waals surface area contributed by atoms with E-state index in [-0.39, 0.29) is 5.54 Å². The highest BCUT2D eigenvalue weighted by molar-refractivity contribution is 5.20. The number of nitrogens with zero attached hydrogens (tertiary/aromatic N) is 2. The molecule has 0 bridgehead atoms. The van der Waals surface area contributed by atoms with Gasteiger partial charge < -0.3 is 5.73 Å². The number of benzene rings is 1. The maximum Gasteiger partial charge on any atom is 0.0285 e. The molecule has 0 amide bonds. The molecule has 3 heteroatoms. The van der Waals surface area contributed by atoms with Crippen molar-refractivity contribution in [1.82, 2.24) is 9.80 Å². The average molecular weight is 289 g/mol. The molecule has 0 aromatic heterocycles. The first-order chi connectivity index (χ1) is 9.93. The molecule has 1 fully saturated rings. The van der Waals surface area contributed by atoms with Crippen LogP contribution in [0, 0.1) is 0 Å². The molecule has 1 aliphatic heterocycles. The fourth-order valence-corrected chi connectivity index (χ4v) is 3.37. The third-order valence-electron chi connectivity index (χ3n) is 4.88. The van der Waals surface area contributed by atoms with Gasteiger partial charge in [-0.15, -0.1) is 0 Å². The standard InChI is InChI=1S/C18H31N3/c1-15(16-8-6-5-7-9-16)17(14-19)20-10-12-21(13-11-20)18(2,3)4/h5-9,15,17H,10-14,19H2,1-4H3. The lowest BCUT2D eigenvalue weighted by atomic mass is 9.91. The molecule has 2 rings (SSSR count). The summed E-state index contributed by atoms with van der Waals surface area (Å²) in [7, 11) is 0. The molecule has 2 N–H and O–H groups in total. The molecule has 118 valence electrons. The van der Waals surface area contributed by atoms with Crippen LogP contribution in [0.3, 0.4) is 0 Å². The molecule has 0 aliphatic carbocycles. The normalized spacial score (nSPS) is 21.2. The predicted octanol–water partition coefficient (Wildman–Crippen LogP) is 2.53. The SMILES string of the molecule is CC(c1ccccc1)C(CN)N1CCN(C(C)(C)C)CC1. The van der Waals surface area contributed by atoms with Crippen LogP contribution in [0.2, 0.25) is 0 Å². The zero-order valence-corrected chi connectivity index (χ0v) is 14.0. The van der Waals surface area contributed by atoms with Crippen LogP contribution in [0.1, 0.15) is 39.2 Å². The van der Waals surface area contributed by atoms with Gasteiger partial charge >= 0.3 is 0 Å². The molecule has 1 aromatic rings. The smallest absolute Gasteiger partial charge is 0.0285 e. The minimum Gasteiger partial charge on any atom is -0.329 e. The van der Waals surface area contributed by atoms with Crippen molar-refractivity contribution in [3.8, 4) is 0 Å². The van der Waals surface area contributed by atoms with Crippen molar-refractivity contribution in [3.63, 3.8) is 0 Å². The Balaban J connectivity index is 2.00. The first kappa shape index (κ1) is 16.5. The minimum atomic E-state index is 0.273. The molecular formula is C18H31N3. The van der Waals surface area contributed by atoms with Crippen molar-refractivity contribution in [2.75, 3.05) is 32.7 Å². The van der Waals surface area contributed by atoms with E-state index in [2.05, 4.69) is 67.8 Å². The van der Waals surface area contributed by atoms with E-state index in [4.69, 9.17) is 5.73 Å². The Morgan fingerprint density at radius 1 is 1.05 bits per heavy atom. The topological polar surface area (TPSA) is 32.5 Å². The number of hydrogen-bond donors (Lipinski definition) is 1. The summed E-state index contributed by atoms with van der Waals surface area (Å²) in [5.41, 5.74) is 7.77. The number of nitrogens with two attached hydrogens (primary N) is 1. The number of piperazine rings is 1. The molecule has 1 aromatic carbocycles. The third kappa shape index (κ3) is 4.06. The summed E-state index contributed by atoms with van der Waals surface area (Å²) >= 11 is 0. The van der Waals surface area contributed by atoms with Crippen LogP contribution < -0.4 is 5.73 Å². The van der Waals surface area contributed by atoms with Gasteiger partial charge in [-0.3, -0.25) is 9.80 Å². The molecule has 1 saturated heterocycles. The summed E-state index contributed by atoms with van der Waals surface area (Å²) in [4.78, 5) is 5.16. The molecular weight excluding hydrogens is 258 g/mol. The second-order valence-electron chi connectivity index (χ2n) is 7.20. The fourth-order valence-electron chi connectivity index (χ4n) is 3.37. The maximum atomic E-state index is 6.11. The molecule has 0 spiro atoms. The van der Waals surface area contributed by atoms with Crippen LogP contribution in [0.4, 0.5) is 0 Å². The summed E-state index contributed by atoms with van der Waals surface area (Å²) in [5, 5.41) is 0. The molecule has 3 nitrogen and oxygen atoms in total. The largest absolute Gasteiger partial charge is 0.329 e. The Morgan fingerprint density at radius 2 is 1.62 bits per heavy atom. The molecule has 2 unspecified atom stereocenters. The van der Waals surface area contributed by atoms with E-state index in [0.717, 1.165) is 32.7 Å². The highest BCUT2D eigenvalue weighted by Crippen LogP contribution is 2.25. The molecule has 1 aliphatic rings. The molecule has 2 atom stereocenters. The highest BCUT2D eigenvalue weighted by Gasteiger charge is 2.31. The van der Waals surface area contributed by atoms with E-state index in [9.17, 15) is 0 Å². The third-order valence-corrected chi connectivity index (χ3v) is 4.88. The van der Waals surface area contributed by atoms with Crippen molar-refractivity contribution in [1.29, 1.82) is 0 Å². The first-order valence-electron chi connectivity index (χ1n) is 8.17. The van der Waals surface area contributed by atoms with E-state index in [1.165, 1.54) is 5.56 Å². The summed E-state index contributed by atoms with van der Waals surface area (Å²) in [6, 6.07) is 11.2. The molecule has 0 saturated carbocycles. The minimum absolute atomic E-state index is 0.273. The lowest BCUT2D eigenvalue weighted by molar-refractivity contribution is 0.0388. The van der Waals surface area contributed by atoms with Gasteiger partial charge in [-0.05, 0) is 32.3 Å². The maximum absolute atomic E-state index is 6.11. The van der Waals surface area contributed by atoms with Crippen LogP contribution in [0.5, 0.6) is 0 Å². The lowest BCUT2D eigenvalue weighted by Gasteiger charge is -2.45. The van der Waals surface area contributed by atoms with Crippen LogP contribution in [0.25, 0.3) is 0 Å². The Hall–Kier alpha value is -0.900. The number of rotatable bonds is 4. The Bertz CT molecular complexity index is 416. The predicted molar refractivity (Wildman–Crippen MR) is 90.6 cm³/mol. The van der Waals surface area contributed by atoms with E-state index >= 15 is 0 Å². The van der Waals surface area contributed by atoms with Gasteiger partial charge in [0.15, 0.2) is 0 Å². The van der Waals surface area contributed by atoms with E-state index in [1.807, 2.05) is 0 Å². The lowest BCUT2D eigenvalue weighted by Crippen LogP contribution is -2.57. The zero-order valence-electron chi connectivity index (χ0n) is 14.0. The highest BCUT2D eigenvalue weighted by atomic mass is 15.3. The van der Waals surface area contributed by atoms with Gasteiger partial charge in [-0.1, -0.05) is 37.3 Å². The average Bonchev–Trinajstić information content (AvgIpc) is 2.48. The number of hydrogen-bond acceptors (Lipinski definition) is 3. The Labute approximate surface area is 130 Å². The van der Waals surface area contributed by atoms with Crippen molar-refractivity contribution in [2.45, 2.75) is 45.2 Å². The van der Waals surface area contributed by atoms with Gasteiger partial charge in [0.25, 0.3) is 0 Å². The monoisotopic (exact) mass is 289 g/mol. The van der Waals surface area contributed by atoms with Gasteiger partial charge in [0.1, 0.15) is 0 Å².